The summed E-state index contributed by atoms with van der Waals surface area (Å²) in [5.41, 5.74) is 0. The van der Waals surface area contributed by atoms with Gasteiger partial charge in [-0.3, -0.25) is 0 Å². The fourth-order valence-corrected chi connectivity index (χ4v) is 2.45. The molecule has 1 aromatic heterocycles. The van der Waals surface area contributed by atoms with Gasteiger partial charge in [-0.05, 0) is 24.2 Å². The van der Waals surface area contributed by atoms with Crippen molar-refractivity contribution in [3.8, 4) is 0 Å². The molecule has 0 bridgehead atoms. The Morgan fingerprint density at radius 1 is 1.47 bits per heavy atom. The number of nitro groups is 1. The number of aryl methyl sites for hydroxylation is 1. The first-order chi connectivity index (χ1) is 8.86. The van der Waals surface area contributed by atoms with Crippen LogP contribution >= 0.6 is 10.7 Å². The van der Waals surface area contributed by atoms with Crippen molar-refractivity contribution in [1.82, 2.24) is 9.78 Å². The molecular weight excluding hydrogens is 294 g/mol. The first-order valence-corrected chi connectivity index (χ1v) is 7.94. The third-order valence-corrected chi connectivity index (χ3v) is 3.75. The summed E-state index contributed by atoms with van der Waals surface area (Å²) in [5.74, 6) is -0.735. The van der Waals surface area contributed by atoms with Crippen molar-refractivity contribution in [3.05, 3.63) is 29.0 Å². The zero-order valence-corrected chi connectivity index (χ0v) is 11.7. The normalized spacial score (nSPS) is 11.4. The predicted octanol–water partition coefficient (Wildman–Crippen LogP) is 2.47. The highest BCUT2D eigenvalue weighted by atomic mass is 35.7. The number of hydrogen-bond donors (Lipinski definition) is 0. The average molecular weight is 308 g/mol. The Labute approximate surface area is 115 Å². The average Bonchev–Trinajstić information content (AvgIpc) is 2.73. The molecule has 0 unspecified atom stereocenters. The first-order valence-electron chi connectivity index (χ1n) is 5.63. The van der Waals surface area contributed by atoms with E-state index in [2.05, 4.69) is 11.7 Å². The number of allylic oxidation sites excluding steroid dienone is 1. The molecule has 9 heteroatoms. The zero-order valence-electron chi connectivity index (χ0n) is 10.2. The lowest BCUT2D eigenvalue weighted by molar-refractivity contribution is -0.392. The van der Waals surface area contributed by atoms with E-state index in [1.165, 1.54) is 4.68 Å². The highest BCUT2D eigenvalue weighted by molar-refractivity contribution is 8.13. The van der Waals surface area contributed by atoms with E-state index >= 15 is 0 Å². The number of halogens is 1. The summed E-state index contributed by atoms with van der Waals surface area (Å²) in [6, 6.07) is 0. The van der Waals surface area contributed by atoms with Crippen molar-refractivity contribution in [1.29, 1.82) is 0 Å². The second-order valence-corrected chi connectivity index (χ2v) is 6.45. The molecule has 0 atom stereocenters. The molecule has 0 aliphatic heterocycles. The molecular formula is C10H14ClN3O4S. The SMILES string of the molecule is C=CCCCCCn1cc(S(=O)(=O)Cl)c([N+](=O)[O-])n1. The minimum atomic E-state index is -4.16. The minimum Gasteiger partial charge on any atom is -0.358 e. The molecule has 0 radical (unpaired) electrons. The van der Waals surface area contributed by atoms with E-state index in [0.717, 1.165) is 31.9 Å². The van der Waals surface area contributed by atoms with Gasteiger partial charge in [-0.1, -0.05) is 12.5 Å². The lowest BCUT2D eigenvalue weighted by Gasteiger charge is -1.96. The Morgan fingerprint density at radius 3 is 2.63 bits per heavy atom. The van der Waals surface area contributed by atoms with Gasteiger partial charge >= 0.3 is 5.82 Å². The summed E-state index contributed by atoms with van der Waals surface area (Å²) >= 11 is 0. The lowest BCUT2D eigenvalue weighted by atomic mass is 10.2. The van der Waals surface area contributed by atoms with E-state index in [1.54, 1.807) is 0 Å². The van der Waals surface area contributed by atoms with Crippen LogP contribution < -0.4 is 0 Å². The highest BCUT2D eigenvalue weighted by Gasteiger charge is 2.29. The fraction of sp³-hybridized carbons (Fsp3) is 0.500. The van der Waals surface area contributed by atoms with Crippen LogP contribution in [-0.4, -0.2) is 23.1 Å². The van der Waals surface area contributed by atoms with Gasteiger partial charge in [-0.2, -0.15) is 4.68 Å². The Hall–Kier alpha value is -1.41. The predicted molar refractivity (Wildman–Crippen MR) is 70.6 cm³/mol. The van der Waals surface area contributed by atoms with Crippen molar-refractivity contribution in [2.75, 3.05) is 0 Å². The maximum atomic E-state index is 11.2. The van der Waals surface area contributed by atoms with Crippen LogP contribution in [0.2, 0.25) is 0 Å². The second-order valence-electron chi connectivity index (χ2n) is 3.91. The molecule has 1 aromatic rings. The van der Waals surface area contributed by atoms with Gasteiger partial charge < -0.3 is 10.1 Å². The third-order valence-electron chi connectivity index (χ3n) is 2.44. The standard InChI is InChI=1S/C10H14ClN3O4S/c1-2-3-4-5-6-7-13-8-9(19(11,17)18)10(12-13)14(15)16/h2,8H,1,3-7H2. The molecule has 1 heterocycles. The summed E-state index contributed by atoms with van der Waals surface area (Å²) in [6.45, 7) is 4.01. The van der Waals surface area contributed by atoms with Crippen LogP contribution in [0.4, 0.5) is 5.82 Å². The van der Waals surface area contributed by atoms with Crippen molar-refractivity contribution in [2.24, 2.45) is 0 Å². The second kappa shape index (κ2) is 6.67. The van der Waals surface area contributed by atoms with Gasteiger partial charge in [0.05, 0.1) is 17.8 Å². The Balaban J connectivity index is 2.76. The van der Waals surface area contributed by atoms with Crippen LogP contribution in [0.15, 0.2) is 23.7 Å². The summed E-state index contributed by atoms with van der Waals surface area (Å²) in [7, 11) is 0.964. The van der Waals surface area contributed by atoms with Crippen molar-refractivity contribution in [2.45, 2.75) is 37.1 Å². The first kappa shape index (κ1) is 15.6. The summed E-state index contributed by atoms with van der Waals surface area (Å²) in [5, 5.41) is 14.3. The van der Waals surface area contributed by atoms with E-state index in [1.807, 2.05) is 6.08 Å². The number of unbranched alkanes of at least 4 members (excludes halogenated alkanes) is 3. The van der Waals surface area contributed by atoms with Crippen LogP contribution in [0.1, 0.15) is 25.7 Å². The molecule has 0 fully saturated rings. The highest BCUT2D eigenvalue weighted by Crippen LogP contribution is 2.25. The monoisotopic (exact) mass is 307 g/mol. The third kappa shape index (κ3) is 4.64. The molecule has 19 heavy (non-hydrogen) atoms. The van der Waals surface area contributed by atoms with Gasteiger partial charge in [0, 0.05) is 10.7 Å². The maximum Gasteiger partial charge on any atom is 0.410 e. The number of rotatable bonds is 8. The minimum absolute atomic E-state index is 0.407. The Morgan fingerprint density at radius 2 is 2.16 bits per heavy atom. The van der Waals surface area contributed by atoms with Crippen molar-refractivity contribution >= 4 is 25.6 Å². The van der Waals surface area contributed by atoms with Crippen LogP contribution in [0, 0.1) is 10.1 Å². The molecule has 0 amide bonds. The van der Waals surface area contributed by atoms with Gasteiger partial charge in [0.25, 0.3) is 9.05 Å². The van der Waals surface area contributed by atoms with Crippen LogP contribution in [0.5, 0.6) is 0 Å². The van der Waals surface area contributed by atoms with E-state index in [0.29, 0.717) is 6.54 Å². The van der Waals surface area contributed by atoms with E-state index < -0.39 is 24.7 Å². The van der Waals surface area contributed by atoms with Crippen LogP contribution in [0.25, 0.3) is 0 Å². The quantitative estimate of drug-likeness (QED) is 0.242. The van der Waals surface area contributed by atoms with Gasteiger partial charge in [0.1, 0.15) is 0 Å². The molecule has 0 saturated carbocycles. The number of hydrogen-bond acceptors (Lipinski definition) is 5. The van der Waals surface area contributed by atoms with Gasteiger partial charge in [0.15, 0.2) is 0 Å². The van der Waals surface area contributed by atoms with Gasteiger partial charge in [0.2, 0.25) is 4.90 Å². The fourth-order valence-electron chi connectivity index (χ4n) is 1.55. The Bertz CT molecular complexity index is 567. The van der Waals surface area contributed by atoms with Crippen molar-refractivity contribution < 1.29 is 13.3 Å². The Kier molecular flexibility index (Phi) is 5.49. The van der Waals surface area contributed by atoms with Crippen LogP contribution in [0.3, 0.4) is 0 Å². The number of nitrogens with zero attached hydrogens (tertiary/aromatic N) is 3. The molecule has 106 valence electrons. The van der Waals surface area contributed by atoms with Gasteiger partial charge in [-0.25, -0.2) is 8.42 Å². The molecule has 0 aliphatic carbocycles. The van der Waals surface area contributed by atoms with E-state index in [9.17, 15) is 18.5 Å². The zero-order chi connectivity index (χ0) is 14.5. The van der Waals surface area contributed by atoms with E-state index in [-0.39, 0.29) is 0 Å². The summed E-state index contributed by atoms with van der Waals surface area (Å²) in [4.78, 5) is 9.27. The molecule has 0 N–H and O–H groups in total. The van der Waals surface area contributed by atoms with Crippen LogP contribution in [-0.2, 0) is 15.6 Å². The molecule has 1 rings (SSSR count). The van der Waals surface area contributed by atoms with Crippen molar-refractivity contribution in [3.63, 3.8) is 0 Å². The smallest absolute Gasteiger partial charge is 0.358 e. The van der Waals surface area contributed by atoms with E-state index in [4.69, 9.17) is 10.7 Å². The molecule has 0 aliphatic rings. The topological polar surface area (TPSA) is 95.1 Å². The lowest BCUT2D eigenvalue weighted by Crippen LogP contribution is -1.99. The largest absolute Gasteiger partial charge is 0.410 e. The summed E-state index contributed by atoms with van der Waals surface area (Å²) in [6.07, 6.45) is 6.43. The summed E-state index contributed by atoms with van der Waals surface area (Å²) < 4.78 is 23.6. The maximum absolute atomic E-state index is 11.2. The molecule has 0 saturated heterocycles. The number of aromatic nitrogens is 2. The molecule has 0 spiro atoms. The van der Waals surface area contributed by atoms with Gasteiger partial charge in [-0.15, -0.1) is 6.58 Å². The molecule has 7 nitrogen and oxygen atoms in total. The molecule has 0 aromatic carbocycles.